The van der Waals surface area contributed by atoms with Gasteiger partial charge >= 0.3 is 0 Å². The minimum atomic E-state index is 0.621. The molecule has 0 bridgehead atoms. The maximum absolute atomic E-state index is 5.46. The van der Waals surface area contributed by atoms with Crippen LogP contribution in [0, 0.1) is 0 Å². The molecule has 0 spiro atoms. The molecular formula is C10H8Br2O2. The standard InChI is InChI=1S/C10H8Br2O2/c11-10(12)6-7-1-2-8-9(5-7)14-4-3-13-8/h1-2,5-6H,3-4H2. The van der Waals surface area contributed by atoms with E-state index >= 15 is 0 Å². The molecule has 2 rings (SSSR count). The van der Waals surface area contributed by atoms with Gasteiger partial charge in [-0.15, -0.1) is 0 Å². The van der Waals surface area contributed by atoms with Gasteiger partial charge in [-0.05, 0) is 55.6 Å². The van der Waals surface area contributed by atoms with Crippen LogP contribution in [0.5, 0.6) is 11.5 Å². The van der Waals surface area contributed by atoms with Crippen molar-refractivity contribution in [2.75, 3.05) is 13.2 Å². The first-order valence-electron chi connectivity index (χ1n) is 4.18. The second kappa shape index (κ2) is 4.36. The average molecular weight is 320 g/mol. The Kier molecular flexibility index (Phi) is 3.13. The molecule has 0 amide bonds. The van der Waals surface area contributed by atoms with E-state index in [2.05, 4.69) is 31.9 Å². The fourth-order valence-corrected chi connectivity index (χ4v) is 1.80. The van der Waals surface area contributed by atoms with Crippen LogP contribution < -0.4 is 9.47 Å². The summed E-state index contributed by atoms with van der Waals surface area (Å²) in [7, 11) is 0. The van der Waals surface area contributed by atoms with Gasteiger partial charge in [-0.25, -0.2) is 0 Å². The maximum atomic E-state index is 5.46. The zero-order valence-electron chi connectivity index (χ0n) is 7.30. The highest BCUT2D eigenvalue weighted by Gasteiger charge is 2.10. The summed E-state index contributed by atoms with van der Waals surface area (Å²) in [5.74, 6) is 1.63. The van der Waals surface area contributed by atoms with Gasteiger partial charge in [0.15, 0.2) is 11.5 Å². The molecule has 1 aliphatic rings. The summed E-state index contributed by atoms with van der Waals surface area (Å²) in [6.45, 7) is 1.25. The van der Waals surface area contributed by atoms with Crippen molar-refractivity contribution in [1.82, 2.24) is 0 Å². The first-order valence-corrected chi connectivity index (χ1v) is 5.76. The van der Waals surface area contributed by atoms with Crippen molar-refractivity contribution in [3.8, 4) is 11.5 Å². The number of ether oxygens (including phenoxy) is 2. The van der Waals surface area contributed by atoms with Crippen molar-refractivity contribution in [3.05, 3.63) is 27.2 Å². The van der Waals surface area contributed by atoms with Gasteiger partial charge in [-0.3, -0.25) is 0 Å². The summed E-state index contributed by atoms with van der Waals surface area (Å²) in [6.07, 6.45) is 1.96. The second-order valence-corrected chi connectivity index (χ2v) is 5.61. The summed E-state index contributed by atoms with van der Waals surface area (Å²) in [5.41, 5.74) is 1.07. The van der Waals surface area contributed by atoms with Crippen LogP contribution >= 0.6 is 31.9 Å². The number of hydrogen-bond acceptors (Lipinski definition) is 2. The molecule has 0 radical (unpaired) electrons. The molecule has 74 valence electrons. The lowest BCUT2D eigenvalue weighted by Gasteiger charge is -2.18. The van der Waals surface area contributed by atoms with E-state index in [1.165, 1.54) is 0 Å². The van der Waals surface area contributed by atoms with E-state index in [4.69, 9.17) is 9.47 Å². The minimum Gasteiger partial charge on any atom is -0.486 e. The van der Waals surface area contributed by atoms with Crippen LogP contribution in [0.3, 0.4) is 0 Å². The zero-order valence-corrected chi connectivity index (χ0v) is 10.5. The molecule has 0 fully saturated rings. The topological polar surface area (TPSA) is 18.5 Å². The van der Waals surface area contributed by atoms with Crippen molar-refractivity contribution in [2.24, 2.45) is 0 Å². The lowest BCUT2D eigenvalue weighted by Crippen LogP contribution is -2.15. The van der Waals surface area contributed by atoms with Gasteiger partial charge in [0.1, 0.15) is 13.2 Å². The highest BCUT2D eigenvalue weighted by atomic mass is 79.9. The number of halogens is 2. The number of hydrogen-bond donors (Lipinski definition) is 0. The van der Waals surface area contributed by atoms with Crippen LogP contribution in [0.4, 0.5) is 0 Å². The highest BCUT2D eigenvalue weighted by Crippen LogP contribution is 2.32. The van der Waals surface area contributed by atoms with Crippen molar-refractivity contribution < 1.29 is 9.47 Å². The summed E-state index contributed by atoms with van der Waals surface area (Å²) < 4.78 is 11.8. The SMILES string of the molecule is BrC(Br)=Cc1ccc2c(c1)OCCO2. The van der Waals surface area contributed by atoms with E-state index in [1.54, 1.807) is 0 Å². The molecule has 2 nitrogen and oxygen atoms in total. The number of fused-ring (bicyclic) bond motifs is 1. The van der Waals surface area contributed by atoms with E-state index in [1.807, 2.05) is 24.3 Å². The third-order valence-corrected chi connectivity index (χ3v) is 2.30. The fraction of sp³-hybridized carbons (Fsp3) is 0.200. The Hall–Kier alpha value is -0.480. The molecule has 0 saturated carbocycles. The highest BCUT2D eigenvalue weighted by molar-refractivity contribution is 9.28. The lowest BCUT2D eigenvalue weighted by atomic mass is 10.2. The molecule has 1 heterocycles. The number of rotatable bonds is 1. The van der Waals surface area contributed by atoms with E-state index in [0.29, 0.717) is 13.2 Å². The summed E-state index contributed by atoms with van der Waals surface area (Å²) in [4.78, 5) is 0. The number of benzene rings is 1. The third-order valence-electron chi connectivity index (χ3n) is 1.84. The molecule has 0 aliphatic carbocycles. The molecule has 0 aromatic heterocycles. The van der Waals surface area contributed by atoms with Gasteiger partial charge < -0.3 is 9.47 Å². The van der Waals surface area contributed by atoms with Gasteiger partial charge in [0.2, 0.25) is 0 Å². The van der Waals surface area contributed by atoms with Crippen molar-refractivity contribution in [3.63, 3.8) is 0 Å². The van der Waals surface area contributed by atoms with Crippen LogP contribution in [-0.2, 0) is 0 Å². The fourth-order valence-electron chi connectivity index (χ4n) is 1.28. The van der Waals surface area contributed by atoms with E-state index in [-0.39, 0.29) is 0 Å². The zero-order chi connectivity index (χ0) is 9.97. The maximum Gasteiger partial charge on any atom is 0.161 e. The van der Waals surface area contributed by atoms with E-state index in [9.17, 15) is 0 Å². The van der Waals surface area contributed by atoms with Crippen LogP contribution in [-0.4, -0.2) is 13.2 Å². The summed E-state index contributed by atoms with van der Waals surface area (Å²) >= 11 is 6.63. The normalized spacial score (nSPS) is 13.6. The minimum absolute atomic E-state index is 0.621. The first-order chi connectivity index (χ1) is 6.75. The van der Waals surface area contributed by atoms with Crippen LogP contribution in [0.2, 0.25) is 0 Å². The van der Waals surface area contributed by atoms with Gasteiger partial charge in [0.05, 0.1) is 3.39 Å². The summed E-state index contributed by atoms with van der Waals surface area (Å²) in [6, 6.07) is 5.86. The smallest absolute Gasteiger partial charge is 0.161 e. The molecule has 14 heavy (non-hydrogen) atoms. The first kappa shape index (κ1) is 10.1. The molecule has 0 atom stereocenters. The Balaban J connectivity index is 2.34. The van der Waals surface area contributed by atoms with Gasteiger partial charge in [0.25, 0.3) is 0 Å². The molecule has 0 N–H and O–H groups in total. The molecular weight excluding hydrogens is 312 g/mol. The van der Waals surface area contributed by atoms with E-state index < -0.39 is 0 Å². The molecule has 1 aromatic rings. The van der Waals surface area contributed by atoms with Crippen LogP contribution in [0.15, 0.2) is 21.6 Å². The monoisotopic (exact) mass is 318 g/mol. The molecule has 4 heteroatoms. The van der Waals surface area contributed by atoms with Gasteiger partial charge in [0, 0.05) is 0 Å². The quantitative estimate of drug-likeness (QED) is 0.788. The Morgan fingerprint density at radius 1 is 1.14 bits per heavy atom. The molecule has 0 saturated heterocycles. The lowest BCUT2D eigenvalue weighted by molar-refractivity contribution is 0.171. The Morgan fingerprint density at radius 3 is 2.57 bits per heavy atom. The van der Waals surface area contributed by atoms with Gasteiger partial charge in [-0.1, -0.05) is 6.07 Å². The Bertz CT molecular complexity index is 370. The Labute approximate surface area is 99.2 Å². The Morgan fingerprint density at radius 2 is 1.86 bits per heavy atom. The largest absolute Gasteiger partial charge is 0.486 e. The molecule has 0 unspecified atom stereocenters. The third kappa shape index (κ3) is 2.30. The van der Waals surface area contributed by atoms with Crippen molar-refractivity contribution in [1.29, 1.82) is 0 Å². The second-order valence-electron chi connectivity index (χ2n) is 2.84. The average Bonchev–Trinajstić information content (AvgIpc) is 2.17. The predicted molar refractivity (Wildman–Crippen MR) is 63.3 cm³/mol. The van der Waals surface area contributed by atoms with Crippen LogP contribution in [0.25, 0.3) is 6.08 Å². The predicted octanol–water partition coefficient (Wildman–Crippen LogP) is 3.55. The molecule has 1 aromatic carbocycles. The van der Waals surface area contributed by atoms with Crippen LogP contribution in [0.1, 0.15) is 5.56 Å². The van der Waals surface area contributed by atoms with Crippen molar-refractivity contribution >= 4 is 37.9 Å². The van der Waals surface area contributed by atoms with Gasteiger partial charge in [-0.2, -0.15) is 0 Å². The summed E-state index contributed by atoms with van der Waals surface area (Å²) in [5, 5.41) is 0. The van der Waals surface area contributed by atoms with E-state index in [0.717, 1.165) is 20.5 Å². The molecule has 1 aliphatic heterocycles. The van der Waals surface area contributed by atoms with Crippen molar-refractivity contribution in [2.45, 2.75) is 0 Å².